The fourth-order valence-corrected chi connectivity index (χ4v) is 5.01. The fourth-order valence-electron chi connectivity index (χ4n) is 3.63. The molecule has 174 valence electrons. The molecule has 0 spiro atoms. The van der Waals surface area contributed by atoms with Gasteiger partial charge >= 0.3 is 6.03 Å². The second kappa shape index (κ2) is 10.7. The smallest absolute Gasteiger partial charge is 0.317 e. The SMILES string of the molecule is COc1ccc(CN(Cc2ccc(OC)cc2)S(=O)(=O)CCN2C(=O)NCCC2C)cc1. The third kappa shape index (κ3) is 6.14. The molecule has 0 saturated carbocycles. The molecule has 0 bridgehead atoms. The zero-order valence-electron chi connectivity index (χ0n) is 18.8. The third-order valence-electron chi connectivity index (χ3n) is 5.65. The second-order valence-corrected chi connectivity index (χ2v) is 9.93. The van der Waals surface area contributed by atoms with Crippen molar-refractivity contribution in [3.05, 3.63) is 59.7 Å². The summed E-state index contributed by atoms with van der Waals surface area (Å²) in [6.07, 6.45) is 0.799. The summed E-state index contributed by atoms with van der Waals surface area (Å²) in [4.78, 5) is 13.8. The van der Waals surface area contributed by atoms with E-state index in [1.54, 1.807) is 19.1 Å². The molecule has 1 unspecified atom stereocenters. The number of rotatable bonds is 10. The molecule has 0 aromatic heterocycles. The Bertz CT molecular complexity index is 944. The molecule has 2 amide bonds. The van der Waals surface area contributed by atoms with E-state index in [0.717, 1.165) is 17.5 Å². The molecule has 8 nitrogen and oxygen atoms in total. The van der Waals surface area contributed by atoms with Gasteiger partial charge in [-0.15, -0.1) is 0 Å². The number of benzene rings is 2. The molecule has 1 fully saturated rings. The topological polar surface area (TPSA) is 88.2 Å². The van der Waals surface area contributed by atoms with Crippen molar-refractivity contribution in [2.24, 2.45) is 0 Å². The van der Waals surface area contributed by atoms with Crippen LogP contribution >= 0.6 is 0 Å². The molecular weight excluding hydrogens is 430 g/mol. The quantitative estimate of drug-likeness (QED) is 0.588. The maximum atomic E-state index is 13.4. The summed E-state index contributed by atoms with van der Waals surface area (Å²) in [5.41, 5.74) is 1.71. The van der Waals surface area contributed by atoms with Crippen LogP contribution < -0.4 is 14.8 Å². The Kier molecular flexibility index (Phi) is 7.98. The Morgan fingerprint density at radius 3 is 1.91 bits per heavy atom. The van der Waals surface area contributed by atoms with E-state index in [1.807, 2.05) is 55.5 Å². The number of carbonyl (C=O) groups excluding carboxylic acids is 1. The maximum Gasteiger partial charge on any atom is 0.317 e. The number of hydrogen-bond acceptors (Lipinski definition) is 5. The minimum absolute atomic E-state index is 0.00979. The van der Waals surface area contributed by atoms with E-state index in [2.05, 4.69) is 5.32 Å². The van der Waals surface area contributed by atoms with Crippen molar-refractivity contribution >= 4 is 16.1 Å². The van der Waals surface area contributed by atoms with Gasteiger partial charge in [-0.1, -0.05) is 24.3 Å². The van der Waals surface area contributed by atoms with Gasteiger partial charge in [0.1, 0.15) is 11.5 Å². The summed E-state index contributed by atoms with van der Waals surface area (Å²) in [6.45, 7) is 3.15. The minimum atomic E-state index is -3.65. The summed E-state index contributed by atoms with van der Waals surface area (Å²) in [7, 11) is -0.466. The van der Waals surface area contributed by atoms with Crippen molar-refractivity contribution in [1.29, 1.82) is 0 Å². The molecule has 1 saturated heterocycles. The van der Waals surface area contributed by atoms with E-state index in [4.69, 9.17) is 9.47 Å². The summed E-state index contributed by atoms with van der Waals surface area (Å²) in [6, 6.07) is 14.5. The van der Waals surface area contributed by atoms with Crippen molar-refractivity contribution in [1.82, 2.24) is 14.5 Å². The van der Waals surface area contributed by atoms with E-state index in [0.29, 0.717) is 18.0 Å². The number of carbonyl (C=O) groups is 1. The van der Waals surface area contributed by atoms with Crippen molar-refractivity contribution in [3.63, 3.8) is 0 Å². The van der Waals surface area contributed by atoms with Crippen LogP contribution in [0.3, 0.4) is 0 Å². The zero-order chi connectivity index (χ0) is 23.1. The highest BCUT2D eigenvalue weighted by Gasteiger charge is 2.29. The van der Waals surface area contributed by atoms with Gasteiger partial charge in [-0.25, -0.2) is 13.2 Å². The highest BCUT2D eigenvalue weighted by molar-refractivity contribution is 7.89. The van der Waals surface area contributed by atoms with Crippen LogP contribution in [0, 0.1) is 0 Å². The molecule has 1 aliphatic rings. The Morgan fingerprint density at radius 2 is 1.47 bits per heavy atom. The molecule has 32 heavy (non-hydrogen) atoms. The van der Waals surface area contributed by atoms with Crippen LogP contribution in [0.15, 0.2) is 48.5 Å². The Balaban J connectivity index is 1.78. The van der Waals surface area contributed by atoms with Crippen LogP contribution in [-0.4, -0.2) is 62.8 Å². The second-order valence-electron chi connectivity index (χ2n) is 7.84. The minimum Gasteiger partial charge on any atom is -0.497 e. The van der Waals surface area contributed by atoms with Gasteiger partial charge in [0.25, 0.3) is 0 Å². The summed E-state index contributed by atoms with van der Waals surface area (Å²) < 4.78 is 38.6. The first-order valence-electron chi connectivity index (χ1n) is 10.6. The number of methoxy groups -OCH3 is 2. The first-order valence-corrected chi connectivity index (χ1v) is 12.2. The van der Waals surface area contributed by atoms with Crippen molar-refractivity contribution in [2.75, 3.05) is 33.1 Å². The van der Waals surface area contributed by atoms with E-state index in [-0.39, 0.29) is 37.5 Å². The van der Waals surface area contributed by atoms with Crippen LogP contribution in [-0.2, 0) is 23.1 Å². The number of nitrogens with one attached hydrogen (secondary N) is 1. The predicted molar refractivity (Wildman–Crippen MR) is 123 cm³/mol. The number of sulfonamides is 1. The van der Waals surface area contributed by atoms with Gasteiger partial charge in [-0.3, -0.25) is 0 Å². The molecule has 1 N–H and O–H groups in total. The first-order chi connectivity index (χ1) is 15.3. The van der Waals surface area contributed by atoms with Crippen LogP contribution in [0.1, 0.15) is 24.5 Å². The van der Waals surface area contributed by atoms with E-state index in [1.165, 1.54) is 4.31 Å². The van der Waals surface area contributed by atoms with Gasteiger partial charge in [0.15, 0.2) is 0 Å². The van der Waals surface area contributed by atoms with Crippen molar-refractivity contribution < 1.29 is 22.7 Å². The van der Waals surface area contributed by atoms with E-state index >= 15 is 0 Å². The highest BCUT2D eigenvalue weighted by atomic mass is 32.2. The summed E-state index contributed by atoms with van der Waals surface area (Å²) in [5, 5.41) is 2.78. The molecule has 0 aliphatic carbocycles. The average Bonchev–Trinajstić information content (AvgIpc) is 2.79. The Labute approximate surface area is 190 Å². The Morgan fingerprint density at radius 1 is 0.969 bits per heavy atom. The lowest BCUT2D eigenvalue weighted by Crippen LogP contribution is -2.53. The molecule has 2 aromatic carbocycles. The maximum absolute atomic E-state index is 13.4. The van der Waals surface area contributed by atoms with Crippen LogP contribution in [0.25, 0.3) is 0 Å². The number of hydrogen-bond donors (Lipinski definition) is 1. The normalized spacial score (nSPS) is 16.7. The highest BCUT2D eigenvalue weighted by Crippen LogP contribution is 2.20. The summed E-state index contributed by atoms with van der Waals surface area (Å²) in [5.74, 6) is 1.28. The predicted octanol–water partition coefficient (Wildman–Crippen LogP) is 2.84. The van der Waals surface area contributed by atoms with E-state index < -0.39 is 10.0 Å². The Hall–Kier alpha value is -2.78. The first kappa shape index (κ1) is 23.9. The van der Waals surface area contributed by atoms with Gasteiger partial charge in [0.2, 0.25) is 10.0 Å². The van der Waals surface area contributed by atoms with Crippen LogP contribution in [0.4, 0.5) is 4.79 Å². The number of amides is 2. The van der Waals surface area contributed by atoms with Crippen LogP contribution in [0.5, 0.6) is 11.5 Å². The lowest BCUT2D eigenvalue weighted by atomic mass is 10.2. The summed E-state index contributed by atoms with van der Waals surface area (Å²) >= 11 is 0. The molecule has 1 atom stereocenters. The molecule has 1 aliphatic heterocycles. The van der Waals surface area contributed by atoms with Gasteiger partial charge in [0, 0.05) is 32.2 Å². The third-order valence-corrected chi connectivity index (χ3v) is 7.39. The van der Waals surface area contributed by atoms with Gasteiger partial charge in [0.05, 0.1) is 20.0 Å². The van der Waals surface area contributed by atoms with Gasteiger partial charge in [-0.2, -0.15) is 4.31 Å². The molecule has 0 radical (unpaired) electrons. The lowest BCUT2D eigenvalue weighted by Gasteiger charge is -2.34. The van der Waals surface area contributed by atoms with Crippen molar-refractivity contribution in [2.45, 2.75) is 32.5 Å². The monoisotopic (exact) mass is 461 g/mol. The van der Waals surface area contributed by atoms with Crippen LogP contribution in [0.2, 0.25) is 0 Å². The molecule has 9 heteroatoms. The molecular formula is C23H31N3O5S. The average molecular weight is 462 g/mol. The van der Waals surface area contributed by atoms with Gasteiger partial charge < -0.3 is 19.7 Å². The van der Waals surface area contributed by atoms with Crippen molar-refractivity contribution in [3.8, 4) is 11.5 Å². The standard InChI is InChI=1S/C23H31N3O5S/c1-18-12-13-24-23(27)26(18)14-15-32(28,29)25(16-19-4-8-21(30-2)9-5-19)17-20-6-10-22(31-3)11-7-20/h4-11,18H,12-17H2,1-3H3,(H,24,27). The van der Waals surface area contributed by atoms with E-state index in [9.17, 15) is 13.2 Å². The lowest BCUT2D eigenvalue weighted by molar-refractivity contribution is 0.164. The number of ether oxygens (including phenoxy) is 2. The van der Waals surface area contributed by atoms with Gasteiger partial charge in [-0.05, 0) is 48.7 Å². The fraction of sp³-hybridized carbons (Fsp3) is 0.435. The molecule has 3 rings (SSSR count). The number of nitrogens with zero attached hydrogens (tertiary/aromatic N) is 2. The molecule has 1 heterocycles. The molecule has 2 aromatic rings. The largest absolute Gasteiger partial charge is 0.497 e. The zero-order valence-corrected chi connectivity index (χ0v) is 19.6. The number of urea groups is 1.